The molecule has 4 rings (SSSR count). The van der Waals surface area contributed by atoms with E-state index in [4.69, 9.17) is 4.74 Å². The largest absolute Gasteiger partial charge is 0.497 e. The average molecular weight is 403 g/mol. The van der Waals surface area contributed by atoms with Crippen LogP contribution in [0.4, 0.5) is 23.7 Å². The molecule has 3 aromatic rings. The summed E-state index contributed by atoms with van der Waals surface area (Å²) < 4.78 is 48.8. The Morgan fingerprint density at radius 2 is 1.86 bits per heavy atom. The lowest BCUT2D eigenvalue weighted by Gasteiger charge is -2.21. The Labute approximate surface area is 163 Å². The second-order valence-electron chi connectivity index (χ2n) is 6.54. The second kappa shape index (κ2) is 7.46. The summed E-state index contributed by atoms with van der Waals surface area (Å²) in [7, 11) is 1.31. The number of carbonyl (C=O) groups is 1. The molecular formula is C19H16F3N5O2. The summed E-state index contributed by atoms with van der Waals surface area (Å²) >= 11 is 0. The highest BCUT2D eigenvalue weighted by Gasteiger charge is 2.39. The molecule has 2 heterocycles. The molecule has 1 aliphatic heterocycles. The number of aromatic nitrogens is 3. The van der Waals surface area contributed by atoms with E-state index in [0.717, 1.165) is 12.1 Å². The summed E-state index contributed by atoms with van der Waals surface area (Å²) in [5.41, 5.74) is 0.185. The summed E-state index contributed by atoms with van der Waals surface area (Å²) in [6.45, 7) is 0.185. The lowest BCUT2D eigenvalue weighted by Crippen LogP contribution is -2.35. The molecule has 2 N–H and O–H groups in total. The van der Waals surface area contributed by atoms with Crippen LogP contribution >= 0.6 is 0 Å². The standard InChI is InChI=1S/C19H16F3N5O2/c1-29-12-6-14(21)16(15(22)7-12)13-8-27-9-23-26-18(27)17(13)25-19(28)24-11-4-2-10(20)3-5-11/h2-7,9,13,17H,8H2,1H3,(H2,24,25,28)/t13-,17-/m0/s1. The monoisotopic (exact) mass is 403 g/mol. The highest BCUT2D eigenvalue weighted by Crippen LogP contribution is 2.40. The molecule has 10 heteroatoms. The zero-order valence-electron chi connectivity index (χ0n) is 15.2. The minimum atomic E-state index is -0.824. The number of nitrogens with zero attached hydrogens (tertiary/aromatic N) is 3. The quantitative estimate of drug-likeness (QED) is 0.700. The third kappa shape index (κ3) is 3.60. The molecule has 0 radical (unpaired) electrons. The van der Waals surface area contributed by atoms with Crippen LogP contribution in [0, 0.1) is 17.5 Å². The fraction of sp³-hybridized carbons (Fsp3) is 0.211. The molecule has 0 fully saturated rings. The molecule has 7 nitrogen and oxygen atoms in total. The molecule has 1 aromatic heterocycles. The number of rotatable bonds is 4. The first-order valence-electron chi connectivity index (χ1n) is 8.70. The number of halogens is 3. The van der Waals surface area contributed by atoms with Crippen LogP contribution in [0.15, 0.2) is 42.7 Å². The molecule has 2 atom stereocenters. The van der Waals surface area contributed by atoms with Crippen molar-refractivity contribution in [2.75, 3.05) is 12.4 Å². The van der Waals surface area contributed by atoms with Crippen molar-refractivity contribution in [1.82, 2.24) is 20.1 Å². The smallest absolute Gasteiger partial charge is 0.319 e. The van der Waals surface area contributed by atoms with Crippen LogP contribution in [0.1, 0.15) is 23.3 Å². The first-order chi connectivity index (χ1) is 14.0. The number of nitrogens with one attached hydrogen (secondary N) is 2. The summed E-state index contributed by atoms with van der Waals surface area (Å²) in [6.07, 6.45) is 1.43. The van der Waals surface area contributed by atoms with E-state index in [-0.39, 0.29) is 17.9 Å². The van der Waals surface area contributed by atoms with Crippen molar-refractivity contribution < 1.29 is 22.7 Å². The Bertz CT molecular complexity index is 1030. The lowest BCUT2D eigenvalue weighted by atomic mass is 9.92. The van der Waals surface area contributed by atoms with Crippen molar-refractivity contribution in [3.63, 3.8) is 0 Å². The predicted octanol–water partition coefficient (Wildman–Crippen LogP) is 3.36. The second-order valence-corrected chi connectivity index (χ2v) is 6.54. The molecule has 2 aromatic carbocycles. The zero-order chi connectivity index (χ0) is 20.5. The van der Waals surface area contributed by atoms with Crippen LogP contribution < -0.4 is 15.4 Å². The van der Waals surface area contributed by atoms with E-state index in [1.165, 1.54) is 37.7 Å². The number of hydrogen-bond donors (Lipinski definition) is 2. The Hall–Kier alpha value is -3.56. The molecule has 0 aliphatic carbocycles. The van der Waals surface area contributed by atoms with E-state index < -0.39 is 35.4 Å². The molecule has 29 heavy (non-hydrogen) atoms. The number of fused-ring (bicyclic) bond motifs is 1. The number of benzene rings is 2. The molecule has 0 bridgehead atoms. The van der Waals surface area contributed by atoms with Gasteiger partial charge in [0.05, 0.1) is 13.2 Å². The zero-order valence-corrected chi connectivity index (χ0v) is 15.2. The van der Waals surface area contributed by atoms with Gasteiger partial charge in [0, 0.05) is 35.8 Å². The van der Waals surface area contributed by atoms with Crippen molar-refractivity contribution in [2.24, 2.45) is 0 Å². The SMILES string of the molecule is COc1cc(F)c([C@@H]2Cn3cnnc3[C@H]2NC(=O)Nc2ccc(F)cc2)c(F)c1. The summed E-state index contributed by atoms with van der Waals surface area (Å²) in [5, 5.41) is 13.0. The van der Waals surface area contributed by atoms with Gasteiger partial charge in [-0.15, -0.1) is 10.2 Å². The van der Waals surface area contributed by atoms with E-state index in [1.807, 2.05) is 0 Å². The molecule has 0 saturated heterocycles. The van der Waals surface area contributed by atoms with Gasteiger partial charge in [-0.05, 0) is 24.3 Å². The maximum absolute atomic E-state index is 14.6. The van der Waals surface area contributed by atoms with Crippen LogP contribution in [-0.4, -0.2) is 27.9 Å². The Morgan fingerprint density at radius 1 is 1.17 bits per heavy atom. The molecule has 150 valence electrons. The van der Waals surface area contributed by atoms with Crippen molar-refractivity contribution in [1.29, 1.82) is 0 Å². The first kappa shape index (κ1) is 18.8. The van der Waals surface area contributed by atoms with Gasteiger partial charge in [0.2, 0.25) is 0 Å². The number of carbonyl (C=O) groups excluding carboxylic acids is 1. The number of methoxy groups -OCH3 is 1. The number of amides is 2. The molecule has 0 saturated carbocycles. The maximum atomic E-state index is 14.6. The van der Waals surface area contributed by atoms with Gasteiger partial charge in [0.25, 0.3) is 0 Å². The summed E-state index contributed by atoms with van der Waals surface area (Å²) in [4.78, 5) is 12.5. The van der Waals surface area contributed by atoms with Crippen LogP contribution in [0.3, 0.4) is 0 Å². The van der Waals surface area contributed by atoms with E-state index in [0.29, 0.717) is 11.5 Å². The van der Waals surface area contributed by atoms with E-state index in [1.54, 1.807) is 4.57 Å². The molecule has 1 aliphatic rings. The summed E-state index contributed by atoms with van der Waals surface area (Å²) in [6, 6.07) is 5.92. The Morgan fingerprint density at radius 3 is 2.52 bits per heavy atom. The van der Waals surface area contributed by atoms with Crippen molar-refractivity contribution in [3.8, 4) is 5.75 Å². The van der Waals surface area contributed by atoms with E-state index >= 15 is 0 Å². The van der Waals surface area contributed by atoms with Crippen molar-refractivity contribution >= 4 is 11.7 Å². The van der Waals surface area contributed by atoms with Crippen molar-refractivity contribution in [2.45, 2.75) is 18.5 Å². The highest BCUT2D eigenvalue weighted by atomic mass is 19.1. The molecule has 0 unspecified atom stereocenters. The van der Waals surface area contributed by atoms with E-state index in [2.05, 4.69) is 20.8 Å². The minimum absolute atomic E-state index is 0.0553. The number of hydrogen-bond acceptors (Lipinski definition) is 4. The van der Waals surface area contributed by atoms with E-state index in [9.17, 15) is 18.0 Å². The number of ether oxygens (including phenoxy) is 1. The number of anilines is 1. The van der Waals surface area contributed by atoms with Gasteiger partial charge in [-0.2, -0.15) is 0 Å². The topological polar surface area (TPSA) is 81.1 Å². The maximum Gasteiger partial charge on any atom is 0.319 e. The van der Waals surface area contributed by atoms with Gasteiger partial charge >= 0.3 is 6.03 Å². The molecular weight excluding hydrogens is 387 g/mol. The van der Waals surface area contributed by atoms with Gasteiger partial charge in [-0.1, -0.05) is 0 Å². The normalized spacial score (nSPS) is 17.7. The fourth-order valence-corrected chi connectivity index (χ4v) is 3.44. The third-order valence-corrected chi connectivity index (χ3v) is 4.77. The van der Waals surface area contributed by atoms with Crippen LogP contribution in [-0.2, 0) is 6.54 Å². The van der Waals surface area contributed by atoms with Gasteiger partial charge in [-0.25, -0.2) is 18.0 Å². The summed E-state index contributed by atoms with van der Waals surface area (Å²) in [5.74, 6) is -2.32. The Balaban J connectivity index is 1.61. The van der Waals surface area contributed by atoms with Gasteiger partial charge in [0.1, 0.15) is 29.5 Å². The van der Waals surface area contributed by atoms with Gasteiger partial charge < -0.3 is 19.9 Å². The van der Waals surface area contributed by atoms with Crippen LogP contribution in [0.5, 0.6) is 5.75 Å². The van der Waals surface area contributed by atoms with Gasteiger partial charge in [0.15, 0.2) is 5.82 Å². The predicted molar refractivity (Wildman–Crippen MR) is 97.0 cm³/mol. The minimum Gasteiger partial charge on any atom is -0.497 e. The number of urea groups is 1. The fourth-order valence-electron chi connectivity index (χ4n) is 3.44. The van der Waals surface area contributed by atoms with Crippen molar-refractivity contribution in [3.05, 3.63) is 71.6 Å². The first-order valence-corrected chi connectivity index (χ1v) is 8.70. The van der Waals surface area contributed by atoms with Crippen LogP contribution in [0.25, 0.3) is 0 Å². The third-order valence-electron chi connectivity index (χ3n) is 4.77. The average Bonchev–Trinajstić information content (AvgIpc) is 3.26. The molecule has 0 spiro atoms. The van der Waals surface area contributed by atoms with Gasteiger partial charge in [-0.3, -0.25) is 0 Å². The molecule has 2 amide bonds. The van der Waals surface area contributed by atoms with Crippen LogP contribution in [0.2, 0.25) is 0 Å². The highest BCUT2D eigenvalue weighted by molar-refractivity contribution is 5.89. The Kier molecular flexibility index (Phi) is 4.83. The lowest BCUT2D eigenvalue weighted by molar-refractivity contribution is 0.246.